The van der Waals surface area contributed by atoms with Crippen LogP contribution in [-0.2, 0) is 40.1 Å². The highest BCUT2D eigenvalue weighted by Crippen LogP contribution is 2.54. The van der Waals surface area contributed by atoms with Crippen molar-refractivity contribution < 1.29 is 40.1 Å². The summed E-state index contributed by atoms with van der Waals surface area (Å²) in [5.74, 6) is 0. The van der Waals surface area contributed by atoms with E-state index in [9.17, 15) is 4.57 Å². The molecule has 0 radical (unpaired) electrons. The molecule has 0 saturated carbocycles. The number of nitrogens with zero attached hydrogens (tertiary/aromatic N) is 1. The lowest BCUT2D eigenvalue weighted by molar-refractivity contribution is -0.0742. The number of hydrogen-bond donors (Lipinski definition) is 0. The fraction of sp³-hybridized carbons (Fsp3) is 0.960. The molecule has 0 aromatic heterocycles. The summed E-state index contributed by atoms with van der Waals surface area (Å²) in [4.78, 5) is 5.09. The Labute approximate surface area is 264 Å². The first-order chi connectivity index (χ1) is 18.3. The molecular formula is C25H64NO9PSi6. The van der Waals surface area contributed by atoms with E-state index in [0.29, 0.717) is 0 Å². The quantitative estimate of drug-likeness (QED) is 0.0531. The normalized spacial score (nSPS) is 17.8. The molecule has 0 saturated heterocycles. The highest BCUT2D eigenvalue weighted by molar-refractivity contribution is 7.52. The van der Waals surface area contributed by atoms with E-state index in [0.717, 1.165) is 0 Å². The number of rotatable bonds is 20. The Kier molecular flexibility index (Phi) is 16.3. The van der Waals surface area contributed by atoms with Gasteiger partial charge in [0, 0.05) is 0 Å². The van der Waals surface area contributed by atoms with Gasteiger partial charge in [0.2, 0.25) is 0 Å². The Hall–Kier alpha value is 0.721. The second-order valence-corrected chi connectivity index (χ2v) is 45.3. The molecule has 10 nitrogen and oxygen atoms in total. The van der Waals surface area contributed by atoms with E-state index < -0.39 is 82.1 Å². The van der Waals surface area contributed by atoms with Crippen molar-refractivity contribution in [3.63, 3.8) is 0 Å². The van der Waals surface area contributed by atoms with Gasteiger partial charge in [0.05, 0.1) is 25.0 Å². The second-order valence-electron chi connectivity index (χ2n) is 16.4. The summed E-state index contributed by atoms with van der Waals surface area (Å²) >= 11 is 0. The summed E-state index contributed by atoms with van der Waals surface area (Å²) in [6.07, 6.45) is -0.761. The van der Waals surface area contributed by atoms with E-state index in [1.165, 1.54) is 7.11 Å². The maximum atomic E-state index is 14.1. The summed E-state index contributed by atoms with van der Waals surface area (Å²) in [6.45, 7) is 37.2. The van der Waals surface area contributed by atoms with Crippen molar-refractivity contribution in [3.8, 4) is 0 Å². The minimum absolute atomic E-state index is 0.0572. The van der Waals surface area contributed by atoms with Gasteiger partial charge in [-0.15, -0.1) is 0 Å². The molecule has 4 atom stereocenters. The monoisotopic (exact) mass is 721 g/mol. The van der Waals surface area contributed by atoms with Crippen LogP contribution in [0.25, 0.3) is 0 Å². The molecule has 252 valence electrons. The molecular weight excluding hydrogens is 658 g/mol. The average Bonchev–Trinajstić information content (AvgIpc) is 2.65. The van der Waals surface area contributed by atoms with Gasteiger partial charge >= 0.3 is 7.82 Å². The molecule has 17 heteroatoms. The third-order valence-electron chi connectivity index (χ3n) is 4.47. The van der Waals surface area contributed by atoms with Crippen LogP contribution in [0.3, 0.4) is 0 Å². The van der Waals surface area contributed by atoms with Crippen molar-refractivity contribution in [2.75, 3.05) is 13.7 Å². The van der Waals surface area contributed by atoms with Crippen molar-refractivity contribution >= 4 is 63.9 Å². The largest absolute Gasteiger partial charge is 0.455 e. The molecule has 0 heterocycles. The third-order valence-corrected chi connectivity index (χ3v) is 15.1. The lowest BCUT2D eigenvalue weighted by Crippen LogP contribution is -2.59. The van der Waals surface area contributed by atoms with Crippen LogP contribution in [0.4, 0.5) is 0 Å². The van der Waals surface area contributed by atoms with Crippen LogP contribution in [0.1, 0.15) is 0 Å². The maximum absolute atomic E-state index is 14.1. The molecule has 0 fully saturated rings. The third kappa shape index (κ3) is 21.5. The van der Waals surface area contributed by atoms with E-state index >= 15 is 0 Å². The van der Waals surface area contributed by atoms with Gasteiger partial charge in [-0.05, 0) is 118 Å². The van der Waals surface area contributed by atoms with E-state index in [-0.39, 0.29) is 6.61 Å². The van der Waals surface area contributed by atoms with Gasteiger partial charge in [-0.1, -0.05) is 5.16 Å². The lowest BCUT2D eigenvalue weighted by Gasteiger charge is -2.44. The van der Waals surface area contributed by atoms with Crippen LogP contribution in [0, 0.1) is 0 Å². The van der Waals surface area contributed by atoms with Crippen molar-refractivity contribution in [2.24, 2.45) is 5.16 Å². The van der Waals surface area contributed by atoms with Crippen LogP contribution in [-0.4, -0.2) is 94.3 Å². The summed E-state index contributed by atoms with van der Waals surface area (Å²) in [5.41, 5.74) is 0. The highest BCUT2D eigenvalue weighted by atomic mass is 31.2. The molecule has 42 heavy (non-hydrogen) atoms. The van der Waals surface area contributed by atoms with Gasteiger partial charge < -0.3 is 31.0 Å². The van der Waals surface area contributed by atoms with Crippen LogP contribution in [0.15, 0.2) is 5.16 Å². The van der Waals surface area contributed by atoms with E-state index in [1.54, 1.807) is 6.21 Å². The first kappa shape index (κ1) is 42.7. The minimum Gasteiger partial charge on any atom is -0.410 e. The highest BCUT2D eigenvalue weighted by Gasteiger charge is 2.46. The van der Waals surface area contributed by atoms with Crippen molar-refractivity contribution in [1.82, 2.24) is 0 Å². The summed E-state index contributed by atoms with van der Waals surface area (Å²) in [7, 11) is -15.7. The van der Waals surface area contributed by atoms with Gasteiger partial charge in [-0.2, -0.15) is 0 Å². The van der Waals surface area contributed by atoms with Crippen molar-refractivity contribution in [3.05, 3.63) is 0 Å². The molecule has 0 N–H and O–H groups in total. The first-order valence-corrected chi connectivity index (χ1v) is 36.7. The zero-order valence-electron chi connectivity index (χ0n) is 30.2. The van der Waals surface area contributed by atoms with Crippen LogP contribution in [0.5, 0.6) is 0 Å². The Bertz CT molecular complexity index is 868. The first-order valence-electron chi connectivity index (χ1n) is 14.8. The SMILES string of the molecule is CO/N=C/[C@@H](O[Si](C)(C)C)[C@H](O[Si](C)(C)C)[C@@H](O[Si](C)(C)C)[C@H](COP(=O)(O[Si](C)(C)C)O[Si](C)(C)C)O[Si](C)(C)C. The Morgan fingerprint density at radius 1 is 0.571 bits per heavy atom. The zero-order chi connectivity index (χ0) is 33.6. The number of phosphoric acid groups is 1. The summed E-state index contributed by atoms with van der Waals surface area (Å²) in [6, 6.07) is 0. The smallest absolute Gasteiger partial charge is 0.410 e. The van der Waals surface area contributed by atoms with E-state index in [2.05, 4.69) is 83.7 Å². The molecule has 0 aliphatic heterocycles. The summed E-state index contributed by atoms with van der Waals surface area (Å²) in [5, 5.41) is 4.11. The topological polar surface area (TPSA) is 103 Å². The van der Waals surface area contributed by atoms with Gasteiger partial charge in [0.15, 0.2) is 49.9 Å². The Morgan fingerprint density at radius 3 is 1.29 bits per heavy atom. The summed E-state index contributed by atoms with van der Waals surface area (Å²) < 4.78 is 59.8. The molecule has 0 rings (SSSR count). The molecule has 0 aliphatic carbocycles. The predicted octanol–water partition coefficient (Wildman–Crippen LogP) is 8.33. The molecule has 0 bridgehead atoms. The second kappa shape index (κ2) is 16.0. The Morgan fingerprint density at radius 2 is 0.952 bits per heavy atom. The molecule has 0 aromatic carbocycles. The average molecular weight is 722 g/mol. The molecule has 0 aliphatic rings. The van der Waals surface area contributed by atoms with Gasteiger partial charge in [0.25, 0.3) is 0 Å². The fourth-order valence-electron chi connectivity index (χ4n) is 3.76. The number of oxime groups is 1. The fourth-order valence-corrected chi connectivity index (χ4v) is 14.7. The molecule has 0 unspecified atom stereocenters. The van der Waals surface area contributed by atoms with Crippen LogP contribution in [0.2, 0.25) is 118 Å². The minimum atomic E-state index is -3.91. The van der Waals surface area contributed by atoms with Crippen LogP contribution < -0.4 is 0 Å². The standard InChI is InChI=1S/C25H64NO9PSi6/c1-28-26-20-22(30-37(2,3)4)24(32-39(8,9)10)25(33-40(11,12)13)23(31-38(5,6)7)21-29-36(27,34-41(14,15)16)35-42(17,18)19/h20,22-25H,21H2,1-19H3/b26-20+/t22-,23+,24+,25+/m1/s1. The van der Waals surface area contributed by atoms with Crippen LogP contribution >= 0.6 is 7.82 Å². The van der Waals surface area contributed by atoms with Crippen molar-refractivity contribution in [1.29, 1.82) is 0 Å². The number of hydrogen-bond acceptors (Lipinski definition) is 10. The molecule has 0 aromatic rings. The van der Waals surface area contributed by atoms with E-state index in [1.807, 2.05) is 39.3 Å². The van der Waals surface area contributed by atoms with Crippen molar-refractivity contribution in [2.45, 2.75) is 142 Å². The van der Waals surface area contributed by atoms with Gasteiger partial charge in [-0.25, -0.2) is 4.57 Å². The maximum Gasteiger partial charge on any atom is 0.455 e. The predicted molar refractivity (Wildman–Crippen MR) is 191 cm³/mol. The van der Waals surface area contributed by atoms with E-state index in [4.69, 9.17) is 35.5 Å². The molecule has 0 spiro atoms. The zero-order valence-corrected chi connectivity index (χ0v) is 37.1. The van der Waals surface area contributed by atoms with Gasteiger partial charge in [-0.3, -0.25) is 4.52 Å². The lowest BCUT2D eigenvalue weighted by atomic mass is 10.0. The van der Waals surface area contributed by atoms with Gasteiger partial charge in [0.1, 0.15) is 19.3 Å². The molecule has 0 amide bonds. The Balaban J connectivity index is 7.13.